The molecule has 0 saturated heterocycles. The number of rotatable bonds is 6. The number of para-hydroxylation sites is 1. The molecule has 0 fully saturated rings. The number of aliphatic hydroxyl groups excluding tert-OH is 1. The molecule has 3 aromatic rings. The predicted octanol–water partition coefficient (Wildman–Crippen LogP) is 3.71. The van der Waals surface area contributed by atoms with E-state index in [1.165, 1.54) is 0 Å². The van der Waals surface area contributed by atoms with E-state index in [1.54, 1.807) is 36.4 Å². The van der Waals surface area contributed by atoms with E-state index >= 15 is 0 Å². The van der Waals surface area contributed by atoms with Crippen molar-refractivity contribution in [3.63, 3.8) is 0 Å². The molecule has 0 spiro atoms. The van der Waals surface area contributed by atoms with Gasteiger partial charge in [0.05, 0.1) is 31.1 Å². The molecule has 140 valence electrons. The molecule has 3 aromatic carbocycles. The van der Waals surface area contributed by atoms with Crippen molar-refractivity contribution in [3.8, 4) is 0 Å². The SMILES string of the molecule is O=C1c2ccccc2C(=O)c2c1ccc(COCCO)c2Nc1ccccc1. The number of hydrogen-bond donors (Lipinski definition) is 2. The van der Waals surface area contributed by atoms with Gasteiger partial charge in [0.15, 0.2) is 11.6 Å². The Hall–Kier alpha value is -3.28. The molecule has 0 heterocycles. The first kappa shape index (κ1) is 18.1. The average molecular weight is 373 g/mol. The van der Waals surface area contributed by atoms with Crippen LogP contribution >= 0.6 is 0 Å². The zero-order chi connectivity index (χ0) is 19.5. The second kappa shape index (κ2) is 7.76. The average Bonchev–Trinajstić information content (AvgIpc) is 2.74. The van der Waals surface area contributed by atoms with E-state index in [0.29, 0.717) is 27.9 Å². The number of ketones is 2. The summed E-state index contributed by atoms with van der Waals surface area (Å²) in [5.74, 6) is -0.350. The lowest BCUT2D eigenvalue weighted by molar-refractivity contribution is 0.0817. The van der Waals surface area contributed by atoms with Gasteiger partial charge in [-0.15, -0.1) is 0 Å². The fourth-order valence-electron chi connectivity index (χ4n) is 3.41. The summed E-state index contributed by atoms with van der Waals surface area (Å²) in [5, 5.41) is 12.3. The Bertz CT molecular complexity index is 1040. The van der Waals surface area contributed by atoms with Gasteiger partial charge in [0, 0.05) is 27.9 Å². The van der Waals surface area contributed by atoms with Crippen molar-refractivity contribution in [2.75, 3.05) is 18.5 Å². The highest BCUT2D eigenvalue weighted by molar-refractivity contribution is 6.30. The van der Waals surface area contributed by atoms with Crippen molar-refractivity contribution >= 4 is 22.9 Å². The molecule has 0 atom stereocenters. The van der Waals surface area contributed by atoms with Gasteiger partial charge >= 0.3 is 0 Å². The number of anilines is 2. The maximum Gasteiger partial charge on any atom is 0.196 e. The van der Waals surface area contributed by atoms with E-state index in [4.69, 9.17) is 9.84 Å². The van der Waals surface area contributed by atoms with Gasteiger partial charge in [0.2, 0.25) is 0 Å². The number of benzene rings is 3. The Morgan fingerprint density at radius 3 is 2.18 bits per heavy atom. The number of carbonyl (C=O) groups excluding carboxylic acids is 2. The second-order valence-corrected chi connectivity index (χ2v) is 6.49. The molecule has 28 heavy (non-hydrogen) atoms. The zero-order valence-corrected chi connectivity index (χ0v) is 15.1. The smallest absolute Gasteiger partial charge is 0.196 e. The zero-order valence-electron chi connectivity index (χ0n) is 15.1. The lowest BCUT2D eigenvalue weighted by atomic mass is 9.82. The molecular weight excluding hydrogens is 354 g/mol. The Morgan fingerprint density at radius 1 is 0.786 bits per heavy atom. The Kier molecular flexibility index (Phi) is 5.02. The van der Waals surface area contributed by atoms with Crippen molar-refractivity contribution in [2.24, 2.45) is 0 Å². The fourth-order valence-corrected chi connectivity index (χ4v) is 3.41. The van der Waals surface area contributed by atoms with Gasteiger partial charge in [-0.25, -0.2) is 0 Å². The molecule has 2 N–H and O–H groups in total. The quantitative estimate of drug-likeness (QED) is 0.504. The van der Waals surface area contributed by atoms with Crippen LogP contribution in [-0.2, 0) is 11.3 Å². The highest BCUT2D eigenvalue weighted by Gasteiger charge is 2.32. The molecule has 0 unspecified atom stereocenters. The van der Waals surface area contributed by atoms with Crippen LogP contribution in [0.1, 0.15) is 37.4 Å². The summed E-state index contributed by atoms with van der Waals surface area (Å²) < 4.78 is 5.48. The van der Waals surface area contributed by atoms with Crippen LogP contribution < -0.4 is 5.32 Å². The molecule has 1 aliphatic rings. The highest BCUT2D eigenvalue weighted by Crippen LogP contribution is 2.36. The van der Waals surface area contributed by atoms with Crippen molar-refractivity contribution < 1.29 is 19.4 Å². The van der Waals surface area contributed by atoms with Crippen LogP contribution in [-0.4, -0.2) is 29.9 Å². The summed E-state index contributed by atoms with van der Waals surface area (Å²) in [4.78, 5) is 26.3. The maximum atomic E-state index is 13.3. The summed E-state index contributed by atoms with van der Waals surface area (Å²) in [5.41, 5.74) is 3.69. The van der Waals surface area contributed by atoms with E-state index in [-0.39, 0.29) is 31.4 Å². The van der Waals surface area contributed by atoms with Crippen LogP contribution in [0.25, 0.3) is 0 Å². The number of ether oxygens (including phenoxy) is 1. The van der Waals surface area contributed by atoms with Gasteiger partial charge in [0.25, 0.3) is 0 Å². The van der Waals surface area contributed by atoms with Crippen LogP contribution in [0.2, 0.25) is 0 Å². The molecule has 0 radical (unpaired) electrons. The number of hydrogen-bond acceptors (Lipinski definition) is 5. The van der Waals surface area contributed by atoms with Gasteiger partial charge in [-0.05, 0) is 18.2 Å². The minimum atomic E-state index is -0.187. The summed E-state index contributed by atoms with van der Waals surface area (Å²) in [7, 11) is 0. The maximum absolute atomic E-state index is 13.3. The van der Waals surface area contributed by atoms with Gasteiger partial charge in [-0.2, -0.15) is 0 Å². The minimum Gasteiger partial charge on any atom is -0.394 e. The monoisotopic (exact) mass is 373 g/mol. The van der Waals surface area contributed by atoms with Gasteiger partial charge in [-0.1, -0.05) is 48.5 Å². The number of aliphatic hydroxyl groups is 1. The molecule has 0 aliphatic heterocycles. The van der Waals surface area contributed by atoms with E-state index in [2.05, 4.69) is 5.32 Å². The Labute approximate surface area is 162 Å². The lowest BCUT2D eigenvalue weighted by Crippen LogP contribution is -2.23. The largest absolute Gasteiger partial charge is 0.394 e. The van der Waals surface area contributed by atoms with Crippen molar-refractivity contribution in [3.05, 3.63) is 94.5 Å². The molecule has 0 aromatic heterocycles. The molecule has 1 aliphatic carbocycles. The topological polar surface area (TPSA) is 75.6 Å². The summed E-state index contributed by atoms with van der Waals surface area (Å²) >= 11 is 0. The molecule has 4 rings (SSSR count). The first-order valence-electron chi connectivity index (χ1n) is 9.05. The van der Waals surface area contributed by atoms with Crippen LogP contribution in [0.4, 0.5) is 11.4 Å². The predicted molar refractivity (Wildman–Crippen MR) is 106 cm³/mol. The van der Waals surface area contributed by atoms with Crippen LogP contribution in [0.15, 0.2) is 66.7 Å². The third-order valence-corrected chi connectivity index (χ3v) is 4.72. The van der Waals surface area contributed by atoms with E-state index in [9.17, 15) is 9.59 Å². The molecular formula is C23H19NO4. The summed E-state index contributed by atoms with van der Waals surface area (Å²) in [6.07, 6.45) is 0. The Morgan fingerprint density at radius 2 is 1.46 bits per heavy atom. The molecule has 5 nitrogen and oxygen atoms in total. The molecule has 5 heteroatoms. The van der Waals surface area contributed by atoms with E-state index in [1.807, 2.05) is 30.3 Å². The van der Waals surface area contributed by atoms with Gasteiger partial charge < -0.3 is 15.2 Å². The third kappa shape index (κ3) is 3.22. The molecule has 0 saturated carbocycles. The van der Waals surface area contributed by atoms with Crippen LogP contribution in [0.3, 0.4) is 0 Å². The van der Waals surface area contributed by atoms with E-state index in [0.717, 1.165) is 11.3 Å². The van der Waals surface area contributed by atoms with Gasteiger partial charge in [-0.3, -0.25) is 9.59 Å². The van der Waals surface area contributed by atoms with Crippen molar-refractivity contribution in [1.82, 2.24) is 0 Å². The molecule has 0 bridgehead atoms. The number of nitrogens with one attached hydrogen (secondary N) is 1. The van der Waals surface area contributed by atoms with Crippen molar-refractivity contribution in [1.29, 1.82) is 0 Å². The minimum absolute atomic E-state index is 0.0861. The van der Waals surface area contributed by atoms with Gasteiger partial charge in [0.1, 0.15) is 0 Å². The normalized spacial score (nSPS) is 12.5. The third-order valence-electron chi connectivity index (χ3n) is 4.72. The summed E-state index contributed by atoms with van der Waals surface area (Å²) in [6.45, 7) is 0.320. The molecule has 0 amide bonds. The summed E-state index contributed by atoms with van der Waals surface area (Å²) in [6, 6.07) is 19.8. The Balaban J connectivity index is 1.85. The second-order valence-electron chi connectivity index (χ2n) is 6.49. The van der Waals surface area contributed by atoms with Crippen LogP contribution in [0.5, 0.6) is 0 Å². The van der Waals surface area contributed by atoms with Crippen molar-refractivity contribution in [2.45, 2.75) is 6.61 Å². The standard InChI is InChI=1S/C23H19NO4/c25-12-13-28-14-15-10-11-19-20(21(15)24-16-6-2-1-3-7-16)23(27)18-9-5-4-8-17(18)22(19)26/h1-11,24-25H,12-14H2. The van der Waals surface area contributed by atoms with E-state index < -0.39 is 0 Å². The fraction of sp³-hybridized carbons (Fsp3) is 0.130. The first-order chi connectivity index (χ1) is 13.7. The first-order valence-corrected chi connectivity index (χ1v) is 9.05. The number of carbonyl (C=O) groups is 2. The number of fused-ring (bicyclic) bond motifs is 2. The highest BCUT2D eigenvalue weighted by atomic mass is 16.5. The lowest BCUT2D eigenvalue weighted by Gasteiger charge is -2.23. The van der Waals surface area contributed by atoms with Crippen LogP contribution in [0, 0.1) is 0 Å².